The molecule has 0 saturated carbocycles. The summed E-state index contributed by atoms with van der Waals surface area (Å²) in [7, 11) is 0. The minimum Gasteiger partial charge on any atom is -0.455 e. The fourth-order valence-corrected chi connectivity index (χ4v) is 8.66. The highest BCUT2D eigenvalue weighted by Crippen LogP contribution is 2.44. The predicted octanol–water partition coefficient (Wildman–Crippen LogP) is 12.9. The summed E-state index contributed by atoms with van der Waals surface area (Å²) < 4.78 is 11.2. The topological polar surface area (TPSA) is 70.6 Å². The smallest absolute Gasteiger partial charge is 0.145 e. The zero-order valence-electron chi connectivity index (χ0n) is 29.4. The summed E-state index contributed by atoms with van der Waals surface area (Å²) in [6.07, 6.45) is 0. The van der Waals surface area contributed by atoms with E-state index in [1.165, 1.54) is 10.8 Å². The van der Waals surface area contributed by atoms with E-state index in [4.69, 9.17) is 4.42 Å². The van der Waals surface area contributed by atoms with Crippen molar-refractivity contribution in [3.8, 4) is 45.8 Å². The quantitative estimate of drug-likeness (QED) is 0.183. The molecule has 0 aliphatic rings. The van der Waals surface area contributed by atoms with Crippen molar-refractivity contribution in [1.29, 1.82) is 10.5 Å². The summed E-state index contributed by atoms with van der Waals surface area (Å²) in [4.78, 5) is 0. The molecule has 11 rings (SSSR count). The summed E-state index contributed by atoms with van der Waals surface area (Å²) in [5.41, 5.74) is 11.6. The molecule has 8 aromatic carbocycles. The van der Waals surface area contributed by atoms with Gasteiger partial charge in [0.25, 0.3) is 0 Å². The molecule has 55 heavy (non-hydrogen) atoms. The third kappa shape index (κ3) is 4.45. The second-order valence-electron chi connectivity index (χ2n) is 13.9. The van der Waals surface area contributed by atoms with Crippen LogP contribution in [-0.2, 0) is 0 Å². The Bertz CT molecular complexity index is 3370. The van der Waals surface area contributed by atoms with Crippen LogP contribution in [0, 0.1) is 22.7 Å². The van der Waals surface area contributed by atoms with Crippen molar-refractivity contribution in [2.75, 3.05) is 0 Å². The van der Waals surface area contributed by atoms with E-state index >= 15 is 0 Å². The average Bonchev–Trinajstić information content (AvgIpc) is 3.91. The van der Waals surface area contributed by atoms with Gasteiger partial charge in [0, 0.05) is 43.7 Å². The van der Waals surface area contributed by atoms with E-state index in [1.807, 2.05) is 60.7 Å². The van der Waals surface area contributed by atoms with E-state index < -0.39 is 0 Å². The van der Waals surface area contributed by atoms with Crippen LogP contribution < -0.4 is 0 Å². The van der Waals surface area contributed by atoms with Gasteiger partial charge < -0.3 is 13.6 Å². The first-order chi connectivity index (χ1) is 27.2. The average molecular weight is 701 g/mol. The van der Waals surface area contributed by atoms with Crippen LogP contribution in [0.2, 0.25) is 0 Å². The van der Waals surface area contributed by atoms with E-state index in [9.17, 15) is 10.5 Å². The zero-order chi connectivity index (χ0) is 36.6. The number of furan rings is 1. The molecule has 5 nitrogen and oxygen atoms in total. The molecular weight excluding hydrogens is 673 g/mol. The van der Waals surface area contributed by atoms with Crippen molar-refractivity contribution in [3.63, 3.8) is 0 Å². The van der Waals surface area contributed by atoms with Crippen LogP contribution in [0.3, 0.4) is 0 Å². The van der Waals surface area contributed by atoms with Gasteiger partial charge in [-0.25, -0.2) is 0 Å². The first kappa shape index (κ1) is 30.7. The lowest BCUT2D eigenvalue weighted by atomic mass is 9.90. The number of rotatable bonds is 4. The molecule has 254 valence electrons. The molecule has 11 aromatic rings. The first-order valence-electron chi connectivity index (χ1n) is 18.2. The molecule has 0 bridgehead atoms. The van der Waals surface area contributed by atoms with E-state index in [0.717, 1.165) is 82.8 Å². The van der Waals surface area contributed by atoms with E-state index in [1.54, 1.807) is 0 Å². The van der Waals surface area contributed by atoms with E-state index in [2.05, 4.69) is 130 Å². The minimum absolute atomic E-state index is 0.434. The van der Waals surface area contributed by atoms with Gasteiger partial charge in [-0.3, -0.25) is 0 Å². The molecule has 0 fully saturated rings. The second kappa shape index (κ2) is 11.8. The number of para-hydroxylation sites is 4. The summed E-state index contributed by atoms with van der Waals surface area (Å²) in [5, 5.41) is 28.1. The number of nitriles is 2. The van der Waals surface area contributed by atoms with Gasteiger partial charge in [-0.05, 0) is 71.8 Å². The third-order valence-electron chi connectivity index (χ3n) is 11.0. The zero-order valence-corrected chi connectivity index (χ0v) is 29.4. The maximum Gasteiger partial charge on any atom is 0.145 e. The lowest BCUT2D eigenvalue weighted by molar-refractivity contribution is 0.673. The van der Waals surface area contributed by atoms with Gasteiger partial charge >= 0.3 is 0 Å². The molecule has 3 aromatic heterocycles. The molecule has 3 heterocycles. The van der Waals surface area contributed by atoms with Gasteiger partial charge in [0.2, 0.25) is 0 Å². The molecule has 0 N–H and O–H groups in total. The van der Waals surface area contributed by atoms with Gasteiger partial charge in [0.15, 0.2) is 0 Å². The molecule has 0 spiro atoms. The second-order valence-corrected chi connectivity index (χ2v) is 13.9. The van der Waals surface area contributed by atoms with Crippen LogP contribution in [-0.4, -0.2) is 9.13 Å². The lowest BCUT2D eigenvalue weighted by Crippen LogP contribution is -2.03. The molecule has 0 atom stereocenters. The molecule has 5 heteroatoms. The van der Waals surface area contributed by atoms with E-state index in [0.29, 0.717) is 16.7 Å². The Labute approximate surface area is 315 Å². The Morgan fingerprint density at radius 1 is 0.436 bits per heavy atom. The van der Waals surface area contributed by atoms with E-state index in [-0.39, 0.29) is 0 Å². The van der Waals surface area contributed by atoms with Crippen LogP contribution in [0.5, 0.6) is 0 Å². The molecule has 0 radical (unpaired) electrons. The Morgan fingerprint density at radius 3 is 1.69 bits per heavy atom. The van der Waals surface area contributed by atoms with Gasteiger partial charge in [-0.1, -0.05) is 109 Å². The number of fused-ring (bicyclic) bond motifs is 10. The van der Waals surface area contributed by atoms with Crippen LogP contribution >= 0.6 is 0 Å². The predicted molar refractivity (Wildman–Crippen MR) is 223 cm³/mol. The summed E-state index contributed by atoms with van der Waals surface area (Å²) in [6, 6.07) is 62.9. The maximum absolute atomic E-state index is 10.8. The Kier molecular flexibility index (Phi) is 6.61. The van der Waals surface area contributed by atoms with Crippen molar-refractivity contribution in [3.05, 3.63) is 181 Å². The Morgan fingerprint density at radius 2 is 1.02 bits per heavy atom. The van der Waals surface area contributed by atoms with Gasteiger partial charge in [0.05, 0.1) is 56.4 Å². The Balaban J connectivity index is 1.28. The SMILES string of the molecule is N#Cc1cc(-c2ccccc2)cc(C#N)c1-c1ccc(-n2c3ccccc3c3ccccc32)cc1-n1c2ccccc2c2c3oc4ccccc4c3ccc21. The van der Waals surface area contributed by atoms with Crippen molar-refractivity contribution in [2.45, 2.75) is 0 Å². The highest BCUT2D eigenvalue weighted by molar-refractivity contribution is 6.24. The molecular formula is C50H28N4O. The number of hydrogen-bond acceptors (Lipinski definition) is 3. The van der Waals surface area contributed by atoms with Crippen LogP contribution in [0.25, 0.3) is 99.2 Å². The van der Waals surface area contributed by atoms with Crippen LogP contribution in [0.4, 0.5) is 0 Å². The van der Waals surface area contributed by atoms with Crippen molar-refractivity contribution < 1.29 is 4.42 Å². The van der Waals surface area contributed by atoms with Crippen molar-refractivity contribution >= 4 is 65.6 Å². The number of nitrogens with zero attached hydrogens (tertiary/aromatic N) is 4. The standard InChI is InChI=1S/C50H28N4O/c51-29-33-26-32(31-12-2-1-3-13-31)27-34(30-52)48(33)41-23-22-35(53-42-18-8-4-14-36(42)37-15-5-9-19-43(37)53)28-46(41)54-44-20-10-6-17-40(44)49-45(54)25-24-39-38-16-7-11-21-47(38)55-50(39)49/h1-28H. The first-order valence-corrected chi connectivity index (χ1v) is 18.2. The molecule has 0 amide bonds. The highest BCUT2D eigenvalue weighted by Gasteiger charge is 2.24. The van der Waals surface area contributed by atoms with Crippen LogP contribution in [0.15, 0.2) is 174 Å². The number of benzene rings is 8. The largest absolute Gasteiger partial charge is 0.455 e. The van der Waals surface area contributed by atoms with Crippen LogP contribution in [0.1, 0.15) is 11.1 Å². The Hall–Kier alpha value is -7.86. The third-order valence-corrected chi connectivity index (χ3v) is 11.0. The molecule has 0 saturated heterocycles. The summed E-state index contributed by atoms with van der Waals surface area (Å²) in [5.74, 6) is 0. The number of aromatic nitrogens is 2. The normalized spacial score (nSPS) is 11.6. The fraction of sp³-hybridized carbons (Fsp3) is 0. The number of hydrogen-bond donors (Lipinski definition) is 0. The summed E-state index contributed by atoms with van der Waals surface area (Å²) in [6.45, 7) is 0. The molecule has 0 aliphatic carbocycles. The van der Waals surface area contributed by atoms with Gasteiger partial charge in [-0.2, -0.15) is 10.5 Å². The minimum atomic E-state index is 0.434. The monoisotopic (exact) mass is 700 g/mol. The van der Waals surface area contributed by atoms with Gasteiger partial charge in [0.1, 0.15) is 11.2 Å². The van der Waals surface area contributed by atoms with Crippen molar-refractivity contribution in [2.24, 2.45) is 0 Å². The lowest BCUT2D eigenvalue weighted by Gasteiger charge is -2.19. The fourth-order valence-electron chi connectivity index (χ4n) is 8.66. The molecule has 0 aliphatic heterocycles. The summed E-state index contributed by atoms with van der Waals surface area (Å²) >= 11 is 0. The highest BCUT2D eigenvalue weighted by atomic mass is 16.3. The maximum atomic E-state index is 10.8. The van der Waals surface area contributed by atoms with Gasteiger partial charge in [-0.15, -0.1) is 0 Å². The molecule has 0 unspecified atom stereocenters. The van der Waals surface area contributed by atoms with Crippen molar-refractivity contribution in [1.82, 2.24) is 9.13 Å².